The number of ether oxygens (including phenoxy) is 1. The zero-order valence-corrected chi connectivity index (χ0v) is 17.2. The topological polar surface area (TPSA) is 113 Å². The minimum Gasteiger partial charge on any atom is -0.481 e. The lowest BCUT2D eigenvalue weighted by Crippen LogP contribution is -2.26. The molecule has 0 saturated heterocycles. The van der Waals surface area contributed by atoms with Gasteiger partial charge in [-0.15, -0.1) is 0 Å². The van der Waals surface area contributed by atoms with Crippen LogP contribution in [0.1, 0.15) is 17.2 Å². The number of hydrogen-bond acceptors (Lipinski definition) is 7. The highest BCUT2D eigenvalue weighted by atomic mass is 16.5. The normalized spacial score (nSPS) is 11.4. The molecule has 9 nitrogen and oxygen atoms in total. The van der Waals surface area contributed by atoms with E-state index in [1.807, 2.05) is 35.2 Å². The van der Waals surface area contributed by atoms with E-state index in [-0.39, 0.29) is 11.9 Å². The van der Waals surface area contributed by atoms with E-state index < -0.39 is 6.09 Å². The van der Waals surface area contributed by atoms with Crippen LogP contribution in [0.4, 0.5) is 22.1 Å². The van der Waals surface area contributed by atoms with Crippen molar-refractivity contribution in [2.45, 2.75) is 6.04 Å². The average Bonchev–Trinajstić information content (AvgIpc) is 2.83. The zero-order chi connectivity index (χ0) is 22.3. The number of anilines is 3. The predicted molar refractivity (Wildman–Crippen MR) is 119 cm³/mol. The number of carbonyl (C=O) groups is 1. The van der Waals surface area contributed by atoms with Crippen LogP contribution in [0.5, 0.6) is 5.88 Å². The molecule has 4 rings (SSSR count). The minimum absolute atomic E-state index is 0.210. The molecule has 0 aliphatic carbocycles. The highest BCUT2D eigenvalue weighted by Gasteiger charge is 2.27. The molecule has 32 heavy (non-hydrogen) atoms. The summed E-state index contributed by atoms with van der Waals surface area (Å²) >= 11 is 0. The van der Waals surface area contributed by atoms with Crippen LogP contribution >= 0.6 is 0 Å². The second kappa shape index (κ2) is 9.52. The molecule has 0 radical (unpaired) electrons. The third-order valence-electron chi connectivity index (χ3n) is 4.68. The average molecular weight is 428 g/mol. The summed E-state index contributed by atoms with van der Waals surface area (Å²) in [6, 6.07) is 16.0. The van der Waals surface area contributed by atoms with Crippen LogP contribution in [0.15, 0.2) is 85.6 Å². The van der Waals surface area contributed by atoms with Gasteiger partial charge in [-0.1, -0.05) is 12.1 Å². The maximum Gasteiger partial charge on any atom is 0.410 e. The van der Waals surface area contributed by atoms with Crippen molar-refractivity contribution in [2.75, 3.05) is 17.3 Å². The predicted octanol–water partition coefficient (Wildman–Crippen LogP) is 4.29. The van der Waals surface area contributed by atoms with E-state index >= 15 is 0 Å². The van der Waals surface area contributed by atoms with Gasteiger partial charge in [0.2, 0.25) is 5.88 Å². The monoisotopic (exact) mass is 428 g/mol. The standard InChI is InChI=1S/C23H20N6O3/c1-32-21-10-9-17(14-26-21)22(16-5-3-11-24-13-16)29(18-6-4-12-25-15-18)20-8-2-7-19(27-20)28-23(30)31/h2-15,22H,1H3,(H,27,28)(H,30,31). The van der Waals surface area contributed by atoms with Gasteiger partial charge in [0, 0.05) is 30.9 Å². The van der Waals surface area contributed by atoms with Gasteiger partial charge in [-0.3, -0.25) is 15.3 Å². The Bertz CT molecular complexity index is 1170. The van der Waals surface area contributed by atoms with Gasteiger partial charge < -0.3 is 14.7 Å². The van der Waals surface area contributed by atoms with Crippen molar-refractivity contribution >= 4 is 23.4 Å². The van der Waals surface area contributed by atoms with Crippen molar-refractivity contribution in [1.82, 2.24) is 19.9 Å². The molecule has 0 fully saturated rings. The molecule has 4 aromatic heterocycles. The molecule has 9 heteroatoms. The van der Waals surface area contributed by atoms with Gasteiger partial charge in [0.05, 0.1) is 25.0 Å². The van der Waals surface area contributed by atoms with Crippen LogP contribution in [0.2, 0.25) is 0 Å². The first-order valence-electron chi connectivity index (χ1n) is 9.72. The van der Waals surface area contributed by atoms with Gasteiger partial charge >= 0.3 is 6.09 Å². The Morgan fingerprint density at radius 1 is 0.969 bits per heavy atom. The highest BCUT2D eigenvalue weighted by Crippen LogP contribution is 2.38. The largest absolute Gasteiger partial charge is 0.481 e. The summed E-state index contributed by atoms with van der Waals surface area (Å²) in [5.74, 6) is 1.23. The first-order chi connectivity index (χ1) is 15.7. The van der Waals surface area contributed by atoms with Crippen molar-refractivity contribution in [3.8, 4) is 5.88 Å². The zero-order valence-electron chi connectivity index (χ0n) is 17.2. The molecule has 1 atom stereocenters. The SMILES string of the molecule is COc1ccc(C(c2cccnc2)N(c2cccnc2)c2cccc(NC(=O)O)n2)cn1. The second-order valence-corrected chi connectivity index (χ2v) is 6.72. The van der Waals surface area contributed by atoms with E-state index in [4.69, 9.17) is 9.84 Å². The smallest absolute Gasteiger partial charge is 0.410 e. The molecule has 0 aromatic carbocycles. The Labute approximate surface area is 184 Å². The molecular weight excluding hydrogens is 408 g/mol. The number of nitrogens with zero attached hydrogens (tertiary/aromatic N) is 5. The van der Waals surface area contributed by atoms with Crippen molar-refractivity contribution < 1.29 is 14.6 Å². The van der Waals surface area contributed by atoms with Gasteiger partial charge in [-0.05, 0) is 47.5 Å². The Morgan fingerprint density at radius 2 is 1.75 bits per heavy atom. The second-order valence-electron chi connectivity index (χ2n) is 6.72. The molecule has 4 heterocycles. The minimum atomic E-state index is -1.19. The molecule has 4 aromatic rings. The molecule has 2 N–H and O–H groups in total. The molecule has 0 spiro atoms. The summed E-state index contributed by atoms with van der Waals surface area (Å²) in [6.45, 7) is 0. The van der Waals surface area contributed by atoms with E-state index in [1.54, 1.807) is 62.4 Å². The van der Waals surface area contributed by atoms with Crippen LogP contribution in [-0.2, 0) is 0 Å². The number of methoxy groups -OCH3 is 1. The van der Waals surface area contributed by atoms with Crippen LogP contribution in [-0.4, -0.2) is 38.2 Å². The van der Waals surface area contributed by atoms with Crippen LogP contribution in [0.25, 0.3) is 0 Å². The van der Waals surface area contributed by atoms with Crippen molar-refractivity contribution in [3.63, 3.8) is 0 Å². The van der Waals surface area contributed by atoms with Gasteiger partial charge in [-0.25, -0.2) is 14.8 Å². The number of nitrogens with one attached hydrogen (secondary N) is 1. The molecule has 0 aliphatic heterocycles. The quantitative estimate of drug-likeness (QED) is 0.448. The molecule has 1 amide bonds. The molecule has 1 unspecified atom stereocenters. The summed E-state index contributed by atoms with van der Waals surface area (Å²) in [5.41, 5.74) is 2.51. The van der Waals surface area contributed by atoms with E-state index in [9.17, 15) is 4.79 Å². The Morgan fingerprint density at radius 3 is 2.38 bits per heavy atom. The molecular formula is C23H20N6O3. The fourth-order valence-corrected chi connectivity index (χ4v) is 3.35. The Hall–Kier alpha value is -4.53. The molecule has 0 bridgehead atoms. The number of carboxylic acid groups (broad SMARTS) is 1. The molecule has 0 saturated carbocycles. The Kier molecular flexibility index (Phi) is 6.17. The van der Waals surface area contributed by atoms with Crippen molar-refractivity contribution in [1.29, 1.82) is 0 Å². The van der Waals surface area contributed by atoms with Crippen LogP contribution in [0.3, 0.4) is 0 Å². The summed E-state index contributed by atoms with van der Waals surface area (Å²) in [7, 11) is 1.56. The van der Waals surface area contributed by atoms with Gasteiger partial charge in [0.15, 0.2) is 0 Å². The van der Waals surface area contributed by atoms with Gasteiger partial charge in [-0.2, -0.15) is 0 Å². The third-order valence-corrected chi connectivity index (χ3v) is 4.68. The number of hydrogen-bond donors (Lipinski definition) is 2. The summed E-state index contributed by atoms with van der Waals surface area (Å²) in [4.78, 5) is 30.6. The first kappa shape index (κ1) is 20.7. The summed E-state index contributed by atoms with van der Waals surface area (Å²) < 4.78 is 5.21. The third kappa shape index (κ3) is 4.62. The highest BCUT2D eigenvalue weighted by molar-refractivity contribution is 5.82. The lowest BCUT2D eigenvalue weighted by Gasteiger charge is -2.33. The number of rotatable bonds is 7. The lowest BCUT2D eigenvalue weighted by molar-refractivity contribution is 0.209. The van der Waals surface area contributed by atoms with Gasteiger partial charge in [0.25, 0.3) is 0 Å². The van der Waals surface area contributed by atoms with E-state index in [2.05, 4.69) is 25.3 Å². The fourth-order valence-electron chi connectivity index (χ4n) is 3.35. The molecule has 0 aliphatic rings. The number of pyridine rings is 4. The Balaban J connectivity index is 1.90. The van der Waals surface area contributed by atoms with Gasteiger partial charge in [0.1, 0.15) is 11.6 Å². The lowest BCUT2D eigenvalue weighted by atomic mass is 9.99. The first-order valence-corrected chi connectivity index (χ1v) is 9.72. The van der Waals surface area contributed by atoms with Crippen LogP contribution < -0.4 is 15.0 Å². The fraction of sp³-hybridized carbons (Fsp3) is 0.0870. The van der Waals surface area contributed by atoms with E-state index in [1.165, 1.54) is 0 Å². The summed E-state index contributed by atoms with van der Waals surface area (Å²) in [6.07, 6.45) is 7.43. The summed E-state index contributed by atoms with van der Waals surface area (Å²) in [5, 5.41) is 11.4. The maximum atomic E-state index is 11.2. The van der Waals surface area contributed by atoms with Crippen molar-refractivity contribution in [2.24, 2.45) is 0 Å². The van der Waals surface area contributed by atoms with E-state index in [0.29, 0.717) is 11.7 Å². The number of aromatic nitrogens is 4. The van der Waals surface area contributed by atoms with Crippen molar-refractivity contribution in [3.05, 3.63) is 96.7 Å². The van der Waals surface area contributed by atoms with Crippen LogP contribution in [0, 0.1) is 0 Å². The number of amides is 1. The molecule has 160 valence electrons. The van der Waals surface area contributed by atoms with E-state index in [0.717, 1.165) is 16.8 Å². The maximum absolute atomic E-state index is 11.2.